The van der Waals surface area contributed by atoms with Crippen molar-refractivity contribution in [2.24, 2.45) is 4.99 Å². The van der Waals surface area contributed by atoms with E-state index in [1.807, 2.05) is 12.3 Å². The van der Waals surface area contributed by atoms with Gasteiger partial charge in [0.15, 0.2) is 0 Å². The van der Waals surface area contributed by atoms with Crippen LogP contribution in [0.1, 0.15) is 32.6 Å². The Labute approximate surface area is 87.9 Å². The molecular weight excluding hydrogens is 170 g/mol. The Morgan fingerprint density at radius 3 is 2.64 bits per heavy atom. The number of aliphatic imine (C=N–C) groups is 1. The highest BCUT2D eigenvalue weighted by Gasteiger charge is 1.98. The topological polar surface area (TPSA) is 12.4 Å². The van der Waals surface area contributed by atoms with Crippen molar-refractivity contribution >= 4 is 6.21 Å². The van der Waals surface area contributed by atoms with Gasteiger partial charge in [-0.25, -0.2) is 0 Å². The van der Waals surface area contributed by atoms with Gasteiger partial charge in [0.25, 0.3) is 0 Å². The monoisotopic (exact) mass is 191 g/mol. The first-order valence-corrected chi connectivity index (χ1v) is 5.16. The van der Waals surface area contributed by atoms with E-state index >= 15 is 0 Å². The summed E-state index contributed by atoms with van der Waals surface area (Å²) in [5, 5.41) is 0. The molecule has 0 aliphatic carbocycles. The van der Waals surface area contributed by atoms with Crippen molar-refractivity contribution in [2.45, 2.75) is 32.6 Å². The van der Waals surface area contributed by atoms with Crippen molar-refractivity contribution in [1.82, 2.24) is 0 Å². The molecule has 0 heterocycles. The SMILES string of the molecule is C=CCCCC(=C)/C(=C\C=N/C)CC. The molecule has 0 saturated carbocycles. The van der Waals surface area contributed by atoms with Gasteiger partial charge < -0.3 is 0 Å². The maximum Gasteiger partial charge on any atom is 0.0277 e. The molecule has 0 atom stereocenters. The van der Waals surface area contributed by atoms with Gasteiger partial charge in [-0.15, -0.1) is 6.58 Å². The van der Waals surface area contributed by atoms with E-state index in [4.69, 9.17) is 0 Å². The van der Waals surface area contributed by atoms with Crippen LogP contribution in [0.3, 0.4) is 0 Å². The summed E-state index contributed by atoms with van der Waals surface area (Å²) in [6, 6.07) is 0. The Morgan fingerprint density at radius 1 is 1.43 bits per heavy atom. The lowest BCUT2D eigenvalue weighted by Crippen LogP contribution is -1.88. The molecule has 1 heteroatoms. The van der Waals surface area contributed by atoms with E-state index in [2.05, 4.69) is 31.2 Å². The molecule has 0 amide bonds. The van der Waals surface area contributed by atoms with Crippen molar-refractivity contribution in [2.75, 3.05) is 7.05 Å². The zero-order valence-corrected chi connectivity index (χ0v) is 9.42. The third kappa shape index (κ3) is 5.52. The van der Waals surface area contributed by atoms with Gasteiger partial charge in [0.2, 0.25) is 0 Å². The van der Waals surface area contributed by atoms with Gasteiger partial charge >= 0.3 is 0 Å². The number of unbranched alkanes of at least 4 members (excludes halogenated alkanes) is 1. The third-order valence-corrected chi connectivity index (χ3v) is 2.15. The Kier molecular flexibility index (Phi) is 7.81. The van der Waals surface area contributed by atoms with Crippen LogP contribution in [0.5, 0.6) is 0 Å². The van der Waals surface area contributed by atoms with Crippen LogP contribution < -0.4 is 0 Å². The molecule has 0 aromatic rings. The fourth-order valence-corrected chi connectivity index (χ4v) is 1.27. The van der Waals surface area contributed by atoms with E-state index in [9.17, 15) is 0 Å². The molecule has 0 spiro atoms. The highest BCUT2D eigenvalue weighted by Crippen LogP contribution is 2.17. The molecule has 0 saturated heterocycles. The van der Waals surface area contributed by atoms with Crippen LogP contribution in [0.25, 0.3) is 0 Å². The first kappa shape index (κ1) is 12.9. The van der Waals surface area contributed by atoms with E-state index in [0.29, 0.717) is 0 Å². The second-order valence-corrected chi connectivity index (χ2v) is 3.24. The van der Waals surface area contributed by atoms with Gasteiger partial charge in [0.05, 0.1) is 0 Å². The zero-order valence-electron chi connectivity index (χ0n) is 9.42. The normalized spacial score (nSPS) is 12.0. The second-order valence-electron chi connectivity index (χ2n) is 3.24. The summed E-state index contributed by atoms with van der Waals surface area (Å²) in [6.45, 7) is 9.94. The van der Waals surface area contributed by atoms with Crippen molar-refractivity contribution in [3.05, 3.63) is 36.5 Å². The molecule has 0 aliphatic rings. The minimum atomic E-state index is 1.03. The van der Waals surface area contributed by atoms with Crippen molar-refractivity contribution < 1.29 is 0 Å². The summed E-state index contributed by atoms with van der Waals surface area (Å²) in [5.74, 6) is 0. The summed E-state index contributed by atoms with van der Waals surface area (Å²) in [6.07, 6.45) is 10.1. The van der Waals surface area contributed by atoms with Crippen molar-refractivity contribution in [3.63, 3.8) is 0 Å². The van der Waals surface area contributed by atoms with Crippen LogP contribution in [-0.4, -0.2) is 13.3 Å². The largest absolute Gasteiger partial charge is 0.297 e. The lowest BCUT2D eigenvalue weighted by atomic mass is 10.00. The number of hydrogen-bond donors (Lipinski definition) is 0. The molecule has 0 bridgehead atoms. The van der Waals surface area contributed by atoms with Crippen LogP contribution in [0.4, 0.5) is 0 Å². The van der Waals surface area contributed by atoms with Crippen molar-refractivity contribution in [1.29, 1.82) is 0 Å². The third-order valence-electron chi connectivity index (χ3n) is 2.15. The molecule has 0 rings (SSSR count). The Morgan fingerprint density at radius 2 is 2.14 bits per heavy atom. The van der Waals surface area contributed by atoms with E-state index in [-0.39, 0.29) is 0 Å². The molecule has 0 fully saturated rings. The van der Waals surface area contributed by atoms with Crippen LogP contribution >= 0.6 is 0 Å². The molecular formula is C13H21N. The number of nitrogens with zero attached hydrogens (tertiary/aromatic N) is 1. The molecule has 0 aromatic heterocycles. The maximum atomic E-state index is 4.09. The van der Waals surface area contributed by atoms with E-state index < -0.39 is 0 Å². The minimum absolute atomic E-state index is 1.03. The van der Waals surface area contributed by atoms with Gasteiger partial charge in [-0.3, -0.25) is 4.99 Å². The molecule has 14 heavy (non-hydrogen) atoms. The second kappa shape index (κ2) is 8.49. The summed E-state index contributed by atoms with van der Waals surface area (Å²) < 4.78 is 0. The smallest absolute Gasteiger partial charge is 0.0277 e. The standard InChI is InChI=1S/C13H21N/c1-5-7-8-9-12(3)13(6-2)10-11-14-4/h5,10-11H,1,3,6-9H2,2,4H3/b13-10-,14-11-. The predicted octanol–water partition coefficient (Wildman–Crippen LogP) is 3.94. The van der Waals surface area contributed by atoms with Crippen molar-refractivity contribution in [3.8, 4) is 0 Å². The molecule has 0 aromatic carbocycles. The lowest BCUT2D eigenvalue weighted by Gasteiger charge is -2.06. The zero-order chi connectivity index (χ0) is 10.8. The summed E-state index contributed by atoms with van der Waals surface area (Å²) in [7, 11) is 1.78. The van der Waals surface area contributed by atoms with Crippen LogP contribution in [-0.2, 0) is 0 Å². The predicted molar refractivity (Wildman–Crippen MR) is 66.0 cm³/mol. The van der Waals surface area contributed by atoms with Gasteiger partial charge in [-0.2, -0.15) is 0 Å². The summed E-state index contributed by atoms with van der Waals surface area (Å²) in [4.78, 5) is 3.94. The summed E-state index contributed by atoms with van der Waals surface area (Å²) in [5.41, 5.74) is 2.54. The molecule has 0 N–H and O–H groups in total. The highest BCUT2D eigenvalue weighted by molar-refractivity contribution is 5.73. The molecule has 0 unspecified atom stereocenters. The van der Waals surface area contributed by atoms with Gasteiger partial charge in [-0.05, 0) is 37.3 Å². The minimum Gasteiger partial charge on any atom is -0.297 e. The quantitative estimate of drug-likeness (QED) is 0.250. The van der Waals surface area contributed by atoms with E-state index in [0.717, 1.165) is 25.7 Å². The maximum absolute atomic E-state index is 4.09. The Hall–Kier alpha value is -1.11. The van der Waals surface area contributed by atoms with Gasteiger partial charge in [0, 0.05) is 13.3 Å². The molecule has 78 valence electrons. The van der Waals surface area contributed by atoms with E-state index in [1.54, 1.807) is 7.05 Å². The molecule has 0 aliphatic heterocycles. The van der Waals surface area contributed by atoms with Gasteiger partial charge in [0.1, 0.15) is 0 Å². The summed E-state index contributed by atoms with van der Waals surface area (Å²) >= 11 is 0. The first-order valence-electron chi connectivity index (χ1n) is 5.16. The first-order chi connectivity index (χ1) is 6.76. The van der Waals surface area contributed by atoms with E-state index in [1.165, 1.54) is 11.1 Å². The number of rotatable bonds is 7. The Bertz CT molecular complexity index is 234. The lowest BCUT2D eigenvalue weighted by molar-refractivity contribution is 0.832. The average molecular weight is 191 g/mol. The van der Waals surface area contributed by atoms with Gasteiger partial charge in [-0.1, -0.05) is 25.2 Å². The number of hydrogen-bond acceptors (Lipinski definition) is 1. The highest BCUT2D eigenvalue weighted by atomic mass is 14.6. The molecule has 1 nitrogen and oxygen atoms in total. The van der Waals surface area contributed by atoms with Crippen LogP contribution in [0.2, 0.25) is 0 Å². The number of allylic oxidation sites excluding steroid dienone is 4. The molecule has 0 radical (unpaired) electrons. The fraction of sp³-hybridized carbons (Fsp3) is 0.462. The average Bonchev–Trinajstić information content (AvgIpc) is 2.19. The van der Waals surface area contributed by atoms with Crippen LogP contribution in [0, 0.1) is 0 Å². The Balaban J connectivity index is 4.10. The fourth-order valence-electron chi connectivity index (χ4n) is 1.27. The van der Waals surface area contributed by atoms with Crippen LogP contribution in [0.15, 0.2) is 41.4 Å².